The number of rotatable bonds is 5. The van der Waals surface area contributed by atoms with E-state index in [0.29, 0.717) is 28.0 Å². The SMILES string of the molecule is COC(=O)c1cc2c([nH]c3ccccc32)c(C(=O)c2ccc(OC)cc2OC)n1. The number of benzene rings is 2. The van der Waals surface area contributed by atoms with Gasteiger partial charge in [-0.1, -0.05) is 18.2 Å². The highest BCUT2D eigenvalue weighted by molar-refractivity contribution is 6.20. The molecular formula is C22H18N2O5. The molecule has 4 rings (SSSR count). The summed E-state index contributed by atoms with van der Waals surface area (Å²) in [5.74, 6) is -0.0888. The summed E-state index contributed by atoms with van der Waals surface area (Å²) in [4.78, 5) is 33.2. The van der Waals surface area contributed by atoms with Crippen LogP contribution in [0.3, 0.4) is 0 Å². The minimum Gasteiger partial charge on any atom is -0.497 e. The van der Waals surface area contributed by atoms with Crippen molar-refractivity contribution in [2.45, 2.75) is 0 Å². The van der Waals surface area contributed by atoms with E-state index in [1.54, 1.807) is 24.3 Å². The lowest BCUT2D eigenvalue weighted by molar-refractivity contribution is 0.0594. The Morgan fingerprint density at radius 3 is 2.45 bits per heavy atom. The minimum atomic E-state index is -0.618. The van der Waals surface area contributed by atoms with Crippen molar-refractivity contribution < 1.29 is 23.8 Å². The van der Waals surface area contributed by atoms with Crippen molar-refractivity contribution in [3.63, 3.8) is 0 Å². The summed E-state index contributed by atoms with van der Waals surface area (Å²) < 4.78 is 15.4. The fourth-order valence-corrected chi connectivity index (χ4v) is 3.33. The van der Waals surface area contributed by atoms with Crippen LogP contribution < -0.4 is 9.47 Å². The van der Waals surface area contributed by atoms with Gasteiger partial charge in [0, 0.05) is 22.4 Å². The van der Waals surface area contributed by atoms with Gasteiger partial charge in [0.05, 0.1) is 32.4 Å². The number of methoxy groups -OCH3 is 3. The fraction of sp³-hybridized carbons (Fsp3) is 0.136. The first-order valence-electron chi connectivity index (χ1n) is 8.84. The van der Waals surface area contributed by atoms with Crippen LogP contribution in [0.4, 0.5) is 0 Å². The molecule has 7 nitrogen and oxygen atoms in total. The number of ketones is 1. The first-order chi connectivity index (χ1) is 14.1. The summed E-state index contributed by atoms with van der Waals surface area (Å²) in [6, 6.07) is 14.1. The number of fused-ring (bicyclic) bond motifs is 3. The number of carbonyl (C=O) groups excluding carboxylic acids is 2. The second-order valence-electron chi connectivity index (χ2n) is 6.34. The van der Waals surface area contributed by atoms with Crippen LogP contribution in [0.5, 0.6) is 11.5 Å². The first kappa shape index (κ1) is 18.5. The molecule has 0 aliphatic heterocycles. The van der Waals surface area contributed by atoms with E-state index in [1.807, 2.05) is 24.3 Å². The molecule has 4 aromatic rings. The molecule has 7 heteroatoms. The maximum Gasteiger partial charge on any atom is 0.356 e. The topological polar surface area (TPSA) is 90.5 Å². The van der Waals surface area contributed by atoms with E-state index in [-0.39, 0.29) is 17.2 Å². The van der Waals surface area contributed by atoms with Crippen LogP contribution in [-0.4, -0.2) is 43.0 Å². The summed E-state index contributed by atoms with van der Waals surface area (Å²) in [6.07, 6.45) is 0. The van der Waals surface area contributed by atoms with Crippen molar-refractivity contribution in [1.82, 2.24) is 9.97 Å². The molecule has 0 saturated carbocycles. The molecule has 0 radical (unpaired) electrons. The maximum atomic E-state index is 13.4. The average molecular weight is 390 g/mol. The number of hydrogen-bond acceptors (Lipinski definition) is 6. The molecule has 0 atom stereocenters. The number of para-hydroxylation sites is 1. The Morgan fingerprint density at radius 1 is 0.931 bits per heavy atom. The predicted octanol–water partition coefficient (Wildman–Crippen LogP) is 3.75. The zero-order valence-electron chi connectivity index (χ0n) is 16.1. The molecule has 0 aliphatic rings. The highest BCUT2D eigenvalue weighted by Crippen LogP contribution is 2.31. The smallest absolute Gasteiger partial charge is 0.356 e. The number of aromatic amines is 1. The Balaban J connectivity index is 1.99. The molecule has 2 aromatic heterocycles. The fourth-order valence-electron chi connectivity index (χ4n) is 3.33. The van der Waals surface area contributed by atoms with Crippen molar-refractivity contribution >= 4 is 33.6 Å². The summed E-state index contributed by atoms with van der Waals surface area (Å²) in [5, 5.41) is 1.60. The number of H-pyrrole nitrogens is 1. The van der Waals surface area contributed by atoms with Gasteiger partial charge in [-0.2, -0.15) is 0 Å². The Bertz CT molecular complexity index is 1260. The van der Waals surface area contributed by atoms with Gasteiger partial charge in [-0.3, -0.25) is 4.79 Å². The van der Waals surface area contributed by atoms with Crippen molar-refractivity contribution in [1.29, 1.82) is 0 Å². The summed E-state index contributed by atoms with van der Waals surface area (Å²) in [6.45, 7) is 0. The van der Waals surface area contributed by atoms with Crippen LogP contribution in [-0.2, 0) is 4.74 Å². The van der Waals surface area contributed by atoms with Crippen LogP contribution in [0, 0.1) is 0 Å². The van der Waals surface area contributed by atoms with E-state index in [1.165, 1.54) is 21.3 Å². The van der Waals surface area contributed by atoms with Gasteiger partial charge < -0.3 is 19.2 Å². The number of hydrogen-bond donors (Lipinski definition) is 1. The van der Waals surface area contributed by atoms with E-state index in [0.717, 1.165) is 10.9 Å². The Labute approximate surface area is 166 Å². The highest BCUT2D eigenvalue weighted by atomic mass is 16.5. The lowest BCUT2D eigenvalue weighted by Crippen LogP contribution is -2.12. The van der Waals surface area contributed by atoms with Gasteiger partial charge >= 0.3 is 5.97 Å². The van der Waals surface area contributed by atoms with Gasteiger partial charge in [-0.15, -0.1) is 0 Å². The number of nitrogens with one attached hydrogen (secondary N) is 1. The van der Waals surface area contributed by atoms with Crippen LogP contribution in [0.2, 0.25) is 0 Å². The summed E-state index contributed by atoms with van der Waals surface area (Å²) in [5.41, 5.74) is 1.86. The van der Waals surface area contributed by atoms with Gasteiger partial charge in [0.2, 0.25) is 5.78 Å². The zero-order valence-corrected chi connectivity index (χ0v) is 16.1. The number of esters is 1. The first-order valence-corrected chi connectivity index (χ1v) is 8.84. The molecule has 0 spiro atoms. The molecule has 0 aliphatic carbocycles. The quantitative estimate of drug-likeness (QED) is 0.412. The van der Waals surface area contributed by atoms with Crippen LogP contribution in [0.15, 0.2) is 48.5 Å². The van der Waals surface area contributed by atoms with E-state index in [9.17, 15) is 9.59 Å². The minimum absolute atomic E-state index is 0.0561. The Morgan fingerprint density at radius 2 is 1.72 bits per heavy atom. The molecule has 0 fully saturated rings. The Hall–Kier alpha value is -3.87. The maximum absolute atomic E-state index is 13.4. The number of pyridine rings is 1. The normalized spacial score (nSPS) is 10.9. The lowest BCUT2D eigenvalue weighted by Gasteiger charge is -2.10. The monoisotopic (exact) mass is 390 g/mol. The standard InChI is InChI=1S/C22H18N2O5/c1-27-12-8-9-14(18(10-12)28-2)21(25)20-19-15(11-17(24-20)22(26)29-3)13-6-4-5-7-16(13)23-19/h4-11,23H,1-3H3. The average Bonchev–Trinajstić information content (AvgIpc) is 3.15. The van der Waals surface area contributed by atoms with Crippen molar-refractivity contribution in [2.75, 3.05) is 21.3 Å². The zero-order chi connectivity index (χ0) is 20.5. The third kappa shape index (κ3) is 3.06. The summed E-state index contributed by atoms with van der Waals surface area (Å²) >= 11 is 0. The third-order valence-corrected chi connectivity index (χ3v) is 4.76. The highest BCUT2D eigenvalue weighted by Gasteiger charge is 2.24. The van der Waals surface area contributed by atoms with E-state index < -0.39 is 5.97 Å². The number of nitrogens with zero attached hydrogens (tertiary/aromatic N) is 1. The van der Waals surface area contributed by atoms with E-state index in [4.69, 9.17) is 14.2 Å². The second-order valence-corrected chi connectivity index (χ2v) is 6.34. The van der Waals surface area contributed by atoms with Crippen LogP contribution >= 0.6 is 0 Å². The second kappa shape index (κ2) is 7.27. The molecule has 2 heterocycles. The van der Waals surface area contributed by atoms with Crippen LogP contribution in [0.1, 0.15) is 26.5 Å². The van der Waals surface area contributed by atoms with E-state index in [2.05, 4.69) is 9.97 Å². The van der Waals surface area contributed by atoms with Gasteiger partial charge in [-0.25, -0.2) is 9.78 Å². The summed E-state index contributed by atoms with van der Waals surface area (Å²) in [7, 11) is 4.28. The largest absolute Gasteiger partial charge is 0.497 e. The number of ether oxygens (including phenoxy) is 3. The van der Waals surface area contributed by atoms with Gasteiger partial charge in [0.25, 0.3) is 0 Å². The molecule has 1 N–H and O–H groups in total. The van der Waals surface area contributed by atoms with Gasteiger partial charge in [-0.05, 0) is 24.3 Å². The van der Waals surface area contributed by atoms with Crippen molar-refractivity contribution in [3.05, 3.63) is 65.5 Å². The molecule has 0 amide bonds. The molecule has 2 aromatic carbocycles. The number of aromatic nitrogens is 2. The van der Waals surface area contributed by atoms with Crippen molar-refractivity contribution in [2.24, 2.45) is 0 Å². The van der Waals surface area contributed by atoms with Gasteiger partial charge in [0.1, 0.15) is 22.9 Å². The molecule has 0 saturated heterocycles. The van der Waals surface area contributed by atoms with Crippen LogP contribution in [0.25, 0.3) is 21.8 Å². The molecule has 0 bridgehead atoms. The third-order valence-electron chi connectivity index (χ3n) is 4.76. The molecule has 146 valence electrons. The van der Waals surface area contributed by atoms with Crippen molar-refractivity contribution in [3.8, 4) is 11.5 Å². The van der Waals surface area contributed by atoms with E-state index >= 15 is 0 Å². The molecule has 29 heavy (non-hydrogen) atoms. The lowest BCUT2D eigenvalue weighted by atomic mass is 10.0. The Kier molecular flexibility index (Phi) is 4.64. The van der Waals surface area contributed by atoms with Gasteiger partial charge in [0.15, 0.2) is 0 Å². The molecule has 0 unspecified atom stereocenters. The molecular weight excluding hydrogens is 372 g/mol. The predicted molar refractivity (Wildman–Crippen MR) is 108 cm³/mol. The number of carbonyl (C=O) groups is 2.